The molecule has 0 atom stereocenters. The van der Waals surface area contributed by atoms with E-state index in [1.807, 2.05) is 13.0 Å². The smallest absolute Gasteiger partial charge is 0.258 e. The second kappa shape index (κ2) is 7.47. The highest BCUT2D eigenvalue weighted by Crippen LogP contribution is 2.27. The summed E-state index contributed by atoms with van der Waals surface area (Å²) in [6.07, 6.45) is 1.84. The van der Waals surface area contributed by atoms with Gasteiger partial charge in [0.15, 0.2) is 0 Å². The molecule has 0 spiro atoms. The number of rotatable bonds is 5. The number of ether oxygens (including phenoxy) is 1. The Labute approximate surface area is 145 Å². The van der Waals surface area contributed by atoms with Crippen molar-refractivity contribution in [1.29, 1.82) is 0 Å². The molecule has 0 N–H and O–H groups in total. The van der Waals surface area contributed by atoms with Crippen molar-refractivity contribution in [2.24, 2.45) is 0 Å². The average molecular weight is 343 g/mol. The number of nitrogens with zero attached hydrogens (tertiary/aromatic N) is 1. The summed E-state index contributed by atoms with van der Waals surface area (Å²) in [4.78, 5) is 14.3. The number of fused-ring (bicyclic) bond motifs is 1. The summed E-state index contributed by atoms with van der Waals surface area (Å²) in [6, 6.07) is 11.2. The molecule has 2 aromatic rings. The molecule has 130 valence electrons. The van der Waals surface area contributed by atoms with Crippen molar-refractivity contribution in [2.75, 3.05) is 18.1 Å². The molecule has 0 bridgehead atoms. The van der Waals surface area contributed by atoms with Crippen LogP contribution in [0.3, 0.4) is 0 Å². The van der Waals surface area contributed by atoms with Gasteiger partial charge in [0, 0.05) is 17.8 Å². The van der Waals surface area contributed by atoms with Gasteiger partial charge in [-0.05, 0) is 66.4 Å². The maximum atomic E-state index is 13.1. The maximum absolute atomic E-state index is 13.1. The van der Waals surface area contributed by atoms with E-state index < -0.39 is 0 Å². The van der Waals surface area contributed by atoms with E-state index >= 15 is 0 Å². The van der Waals surface area contributed by atoms with Gasteiger partial charge in [-0.15, -0.1) is 0 Å². The lowest BCUT2D eigenvalue weighted by Crippen LogP contribution is -2.37. The van der Waals surface area contributed by atoms with E-state index in [-0.39, 0.29) is 18.3 Å². The van der Waals surface area contributed by atoms with Crippen molar-refractivity contribution in [1.82, 2.24) is 0 Å². The molecule has 0 saturated carbocycles. The molecule has 3 nitrogen and oxygen atoms in total. The molecule has 5 heteroatoms. The topological polar surface area (TPSA) is 29.5 Å². The van der Waals surface area contributed by atoms with Crippen LogP contribution in [-0.4, -0.2) is 19.1 Å². The molecular formula is C20H19F2NO2. The standard InChI is InChI=1S/C20H19F2NO2/c1-2-14(12-21)13-25-18-7-8-19-15(11-18)9-10-23(20(19)24)17-5-3-16(22)4-6-17/h3-8,11-12H,2,9-10,13H2,1H3/b14-12-. The molecule has 3 rings (SSSR count). The van der Waals surface area contributed by atoms with Gasteiger partial charge in [0.05, 0.1) is 6.33 Å². The van der Waals surface area contributed by atoms with Gasteiger partial charge in [0.2, 0.25) is 0 Å². The molecule has 0 unspecified atom stereocenters. The number of halogens is 2. The van der Waals surface area contributed by atoms with Crippen LogP contribution in [0, 0.1) is 5.82 Å². The van der Waals surface area contributed by atoms with Crippen molar-refractivity contribution in [3.63, 3.8) is 0 Å². The van der Waals surface area contributed by atoms with Crippen molar-refractivity contribution >= 4 is 11.6 Å². The van der Waals surface area contributed by atoms with E-state index in [2.05, 4.69) is 0 Å². The highest BCUT2D eigenvalue weighted by Gasteiger charge is 2.25. The lowest BCUT2D eigenvalue weighted by Gasteiger charge is -2.29. The minimum atomic E-state index is -0.329. The number of hydrogen-bond acceptors (Lipinski definition) is 2. The Morgan fingerprint density at radius 2 is 2.00 bits per heavy atom. The Morgan fingerprint density at radius 3 is 2.68 bits per heavy atom. The molecule has 0 aromatic heterocycles. The van der Waals surface area contributed by atoms with Crippen LogP contribution in [0.1, 0.15) is 29.3 Å². The summed E-state index contributed by atoms with van der Waals surface area (Å²) in [5.41, 5.74) is 2.78. The second-order valence-corrected chi connectivity index (χ2v) is 5.91. The largest absolute Gasteiger partial charge is 0.489 e. The molecule has 1 amide bonds. The van der Waals surface area contributed by atoms with Gasteiger partial charge in [0.1, 0.15) is 18.2 Å². The number of carbonyl (C=O) groups excluding carboxylic acids is 1. The van der Waals surface area contributed by atoms with Crippen LogP contribution in [0.25, 0.3) is 0 Å². The monoisotopic (exact) mass is 343 g/mol. The van der Waals surface area contributed by atoms with Gasteiger partial charge >= 0.3 is 0 Å². The van der Waals surface area contributed by atoms with Gasteiger partial charge in [0.25, 0.3) is 5.91 Å². The minimum Gasteiger partial charge on any atom is -0.489 e. The third-order valence-corrected chi connectivity index (χ3v) is 4.33. The zero-order valence-electron chi connectivity index (χ0n) is 14.0. The first-order chi connectivity index (χ1) is 12.1. The van der Waals surface area contributed by atoms with E-state index in [1.165, 1.54) is 12.1 Å². The Kier molecular flexibility index (Phi) is 5.12. The Hall–Kier alpha value is -2.69. The minimum absolute atomic E-state index is 0.114. The van der Waals surface area contributed by atoms with E-state index in [1.54, 1.807) is 29.2 Å². The molecule has 2 aromatic carbocycles. The zero-order valence-corrected chi connectivity index (χ0v) is 14.0. The van der Waals surface area contributed by atoms with Gasteiger partial charge in [-0.1, -0.05) is 6.92 Å². The molecule has 1 heterocycles. The number of hydrogen-bond donors (Lipinski definition) is 0. The Morgan fingerprint density at radius 1 is 1.24 bits per heavy atom. The Bertz CT molecular complexity index is 800. The second-order valence-electron chi connectivity index (χ2n) is 5.91. The zero-order chi connectivity index (χ0) is 17.8. The molecular weight excluding hydrogens is 324 g/mol. The van der Waals surface area contributed by atoms with Crippen molar-refractivity contribution < 1.29 is 18.3 Å². The van der Waals surface area contributed by atoms with Gasteiger partial charge in [-0.25, -0.2) is 8.78 Å². The molecule has 0 radical (unpaired) electrons. The number of anilines is 1. The van der Waals surface area contributed by atoms with Crippen LogP contribution in [0.15, 0.2) is 54.4 Å². The molecule has 0 aliphatic carbocycles. The van der Waals surface area contributed by atoms with E-state index in [9.17, 15) is 13.6 Å². The van der Waals surface area contributed by atoms with Crippen LogP contribution in [0.4, 0.5) is 14.5 Å². The van der Waals surface area contributed by atoms with Crippen LogP contribution < -0.4 is 9.64 Å². The quantitative estimate of drug-likeness (QED) is 0.789. The molecule has 0 fully saturated rings. The lowest BCUT2D eigenvalue weighted by molar-refractivity contribution is 0.0980. The van der Waals surface area contributed by atoms with Crippen LogP contribution in [0.2, 0.25) is 0 Å². The predicted molar refractivity (Wildman–Crippen MR) is 93.2 cm³/mol. The fourth-order valence-corrected chi connectivity index (χ4v) is 2.81. The van der Waals surface area contributed by atoms with Gasteiger partial charge in [-0.2, -0.15) is 0 Å². The lowest BCUT2D eigenvalue weighted by atomic mass is 9.98. The van der Waals surface area contributed by atoms with E-state index in [0.717, 1.165) is 5.56 Å². The highest BCUT2D eigenvalue weighted by atomic mass is 19.1. The van der Waals surface area contributed by atoms with E-state index in [0.29, 0.717) is 48.3 Å². The Balaban J connectivity index is 1.77. The van der Waals surface area contributed by atoms with Crippen molar-refractivity contribution in [3.05, 3.63) is 71.3 Å². The molecule has 0 saturated heterocycles. The first-order valence-corrected chi connectivity index (χ1v) is 8.23. The number of carbonyl (C=O) groups is 1. The van der Waals surface area contributed by atoms with Crippen molar-refractivity contribution in [3.8, 4) is 5.75 Å². The summed E-state index contributed by atoms with van der Waals surface area (Å²) in [6.45, 7) is 2.58. The predicted octanol–water partition coefficient (Wildman–Crippen LogP) is 4.67. The first-order valence-electron chi connectivity index (χ1n) is 8.23. The fraction of sp³-hybridized carbons (Fsp3) is 0.250. The summed E-state index contributed by atoms with van der Waals surface area (Å²) < 4.78 is 31.3. The number of amides is 1. The average Bonchev–Trinajstić information content (AvgIpc) is 2.64. The SMILES string of the molecule is CC/C(=C/F)COc1ccc2c(c1)CCN(c1ccc(F)cc1)C2=O. The van der Waals surface area contributed by atoms with Gasteiger partial charge in [-0.3, -0.25) is 4.79 Å². The highest BCUT2D eigenvalue weighted by molar-refractivity contribution is 6.08. The maximum Gasteiger partial charge on any atom is 0.258 e. The van der Waals surface area contributed by atoms with Crippen LogP contribution >= 0.6 is 0 Å². The van der Waals surface area contributed by atoms with Crippen LogP contribution in [-0.2, 0) is 6.42 Å². The third-order valence-electron chi connectivity index (χ3n) is 4.33. The number of benzene rings is 2. The van der Waals surface area contributed by atoms with E-state index in [4.69, 9.17) is 4.74 Å². The fourth-order valence-electron chi connectivity index (χ4n) is 2.81. The van der Waals surface area contributed by atoms with Crippen molar-refractivity contribution in [2.45, 2.75) is 19.8 Å². The summed E-state index contributed by atoms with van der Waals surface area (Å²) in [5, 5.41) is 0. The third kappa shape index (κ3) is 3.71. The normalized spacial score (nSPS) is 14.4. The molecule has 25 heavy (non-hydrogen) atoms. The summed E-state index contributed by atoms with van der Waals surface area (Å²) >= 11 is 0. The van der Waals surface area contributed by atoms with Gasteiger partial charge < -0.3 is 9.64 Å². The first kappa shape index (κ1) is 17.1. The van der Waals surface area contributed by atoms with Crippen LogP contribution in [0.5, 0.6) is 5.75 Å². The summed E-state index contributed by atoms with van der Waals surface area (Å²) in [7, 11) is 0. The molecule has 1 aliphatic heterocycles. The summed E-state index contributed by atoms with van der Waals surface area (Å²) in [5.74, 6) is 0.177. The molecule has 1 aliphatic rings.